The third-order valence-electron chi connectivity index (χ3n) is 7.76. The highest BCUT2D eigenvalue weighted by molar-refractivity contribution is 7.47. The maximum absolute atomic E-state index is 12.6. The van der Waals surface area contributed by atoms with E-state index in [2.05, 4.69) is 31.3 Å². The van der Waals surface area contributed by atoms with Crippen molar-refractivity contribution in [3.05, 3.63) is 12.2 Å². The van der Waals surface area contributed by atoms with Crippen LogP contribution in [0.4, 0.5) is 0 Å². The Kier molecular flexibility index (Phi) is 27.1. The largest absolute Gasteiger partial charge is 0.472 e. The molecule has 8 nitrogen and oxygen atoms in total. The molecule has 0 aromatic rings. The molecule has 3 N–H and O–H groups in total. The number of phosphoric ester groups is 1. The van der Waals surface area contributed by atoms with E-state index in [0.717, 1.165) is 38.5 Å². The van der Waals surface area contributed by atoms with Crippen LogP contribution in [-0.2, 0) is 18.4 Å². The van der Waals surface area contributed by atoms with Gasteiger partial charge in [-0.15, -0.1) is 0 Å². The molecule has 256 valence electrons. The highest BCUT2D eigenvalue weighted by Gasteiger charge is 2.28. The molecule has 0 aliphatic rings. The Hall–Kier alpha value is -0.760. The molecule has 3 unspecified atom stereocenters. The first-order valence-electron chi connectivity index (χ1n) is 17.6. The molecule has 43 heavy (non-hydrogen) atoms. The first kappa shape index (κ1) is 42.2. The van der Waals surface area contributed by atoms with Crippen LogP contribution in [0, 0.1) is 0 Å². The zero-order valence-corrected chi connectivity index (χ0v) is 29.6. The lowest BCUT2D eigenvalue weighted by atomic mass is 10.0. The highest BCUT2D eigenvalue weighted by Crippen LogP contribution is 2.43. The third-order valence-corrected chi connectivity index (χ3v) is 8.75. The van der Waals surface area contributed by atoms with Crippen molar-refractivity contribution in [3.63, 3.8) is 0 Å². The molecule has 0 radical (unpaired) electrons. The van der Waals surface area contributed by atoms with E-state index in [1.807, 2.05) is 21.1 Å². The second kappa shape index (κ2) is 27.5. The maximum atomic E-state index is 12.6. The number of hydrogen-bond donors (Lipinski definition) is 3. The van der Waals surface area contributed by atoms with E-state index in [4.69, 9.17) is 9.05 Å². The van der Waals surface area contributed by atoms with E-state index in [0.29, 0.717) is 23.9 Å². The van der Waals surface area contributed by atoms with Gasteiger partial charge < -0.3 is 19.8 Å². The number of likely N-dealkylation sites (N-methyl/N-ethyl adjacent to an activating group) is 1. The molecule has 0 bridgehead atoms. The number of amides is 1. The molecule has 0 spiro atoms. The number of nitrogens with one attached hydrogen (secondary N) is 1. The standard InChI is InChI=1S/C34H69N2O6P/c1-6-8-10-11-12-13-14-15-16-17-18-19-20-21-22-23-24-26-28-34(38)35-32(33(37)27-25-9-7-2)31-42-43(39,40)41-30-29-36(3,4)5/h16-17,32-33,37H,6-15,18-31H2,1-5H3,(H-,35,38,39,40)/p+1/b17-16-. The monoisotopic (exact) mass is 633 g/mol. The Labute approximate surface area is 265 Å². The summed E-state index contributed by atoms with van der Waals surface area (Å²) < 4.78 is 23.2. The normalized spacial score (nSPS) is 15.0. The predicted octanol–water partition coefficient (Wildman–Crippen LogP) is 8.46. The minimum absolute atomic E-state index is 0.0732. The summed E-state index contributed by atoms with van der Waals surface area (Å²) >= 11 is 0. The molecule has 0 aliphatic heterocycles. The Morgan fingerprint density at radius 2 is 1.26 bits per heavy atom. The van der Waals surface area contributed by atoms with Crippen molar-refractivity contribution in [2.75, 3.05) is 40.9 Å². The highest BCUT2D eigenvalue weighted by atomic mass is 31.2. The maximum Gasteiger partial charge on any atom is 0.472 e. The van der Waals surface area contributed by atoms with Gasteiger partial charge in [0.05, 0.1) is 39.9 Å². The quantitative estimate of drug-likeness (QED) is 0.0306. The summed E-state index contributed by atoms with van der Waals surface area (Å²) in [6.07, 6.45) is 27.4. The van der Waals surface area contributed by atoms with Gasteiger partial charge in [0.15, 0.2) is 0 Å². The fourth-order valence-electron chi connectivity index (χ4n) is 4.86. The summed E-state index contributed by atoms with van der Waals surface area (Å²) in [5.41, 5.74) is 0. The molecule has 0 heterocycles. The number of quaternary nitrogens is 1. The van der Waals surface area contributed by atoms with Crippen LogP contribution >= 0.6 is 7.82 Å². The smallest absolute Gasteiger partial charge is 0.391 e. The molecule has 0 aliphatic carbocycles. The summed E-state index contributed by atoms with van der Waals surface area (Å²) in [5.74, 6) is -0.162. The van der Waals surface area contributed by atoms with E-state index in [1.54, 1.807) is 0 Å². The van der Waals surface area contributed by atoms with E-state index in [-0.39, 0.29) is 19.1 Å². The fraction of sp³-hybridized carbons (Fsp3) is 0.912. The average Bonchev–Trinajstić information content (AvgIpc) is 2.93. The van der Waals surface area contributed by atoms with Gasteiger partial charge in [0.2, 0.25) is 5.91 Å². The zero-order chi connectivity index (χ0) is 32.2. The van der Waals surface area contributed by atoms with Gasteiger partial charge in [-0.1, -0.05) is 116 Å². The number of hydrogen-bond acceptors (Lipinski definition) is 5. The number of phosphoric acid groups is 1. The van der Waals surface area contributed by atoms with Crippen LogP contribution in [0.15, 0.2) is 12.2 Å². The lowest BCUT2D eigenvalue weighted by Crippen LogP contribution is -2.46. The van der Waals surface area contributed by atoms with Crippen LogP contribution in [0.2, 0.25) is 0 Å². The predicted molar refractivity (Wildman–Crippen MR) is 180 cm³/mol. The molecule has 1 amide bonds. The number of carbonyl (C=O) groups is 1. The molecule has 0 fully saturated rings. The van der Waals surface area contributed by atoms with Gasteiger partial charge in [0.1, 0.15) is 13.2 Å². The first-order chi connectivity index (χ1) is 20.5. The van der Waals surface area contributed by atoms with Crippen LogP contribution in [-0.4, -0.2) is 73.4 Å². The van der Waals surface area contributed by atoms with Gasteiger partial charge >= 0.3 is 7.82 Å². The number of aliphatic hydroxyl groups excluding tert-OH is 1. The van der Waals surface area contributed by atoms with Gasteiger partial charge in [-0.05, 0) is 38.5 Å². The van der Waals surface area contributed by atoms with Crippen molar-refractivity contribution < 1.29 is 32.9 Å². The summed E-state index contributed by atoms with van der Waals surface area (Å²) in [4.78, 5) is 22.7. The van der Waals surface area contributed by atoms with Crippen LogP contribution in [0.5, 0.6) is 0 Å². The summed E-state index contributed by atoms with van der Waals surface area (Å²) in [6.45, 7) is 4.70. The molecule has 0 aromatic carbocycles. The Bertz CT molecular complexity index is 728. The summed E-state index contributed by atoms with van der Waals surface area (Å²) in [7, 11) is 1.60. The van der Waals surface area contributed by atoms with E-state index < -0.39 is 20.0 Å². The molecule has 0 saturated carbocycles. The molecular formula is C34H70N2O6P+. The molecule has 0 rings (SSSR count). The Morgan fingerprint density at radius 3 is 1.79 bits per heavy atom. The van der Waals surface area contributed by atoms with Gasteiger partial charge in [-0.3, -0.25) is 13.8 Å². The van der Waals surface area contributed by atoms with Crippen molar-refractivity contribution in [3.8, 4) is 0 Å². The van der Waals surface area contributed by atoms with Crippen LogP contribution in [0.25, 0.3) is 0 Å². The molecule has 0 saturated heterocycles. The number of aliphatic hydroxyl groups is 1. The van der Waals surface area contributed by atoms with Crippen LogP contribution in [0.1, 0.15) is 149 Å². The molecule has 3 atom stereocenters. The van der Waals surface area contributed by atoms with Crippen molar-refractivity contribution in [2.45, 2.75) is 161 Å². The fourth-order valence-corrected chi connectivity index (χ4v) is 5.60. The summed E-state index contributed by atoms with van der Waals surface area (Å²) in [6, 6.07) is -0.753. The average molecular weight is 634 g/mol. The van der Waals surface area contributed by atoms with Crippen molar-refractivity contribution in [1.82, 2.24) is 5.32 Å². The number of rotatable bonds is 31. The minimum atomic E-state index is -4.28. The van der Waals surface area contributed by atoms with Crippen molar-refractivity contribution >= 4 is 13.7 Å². The van der Waals surface area contributed by atoms with Gasteiger partial charge in [0.25, 0.3) is 0 Å². The third kappa shape index (κ3) is 29.7. The second-order valence-corrected chi connectivity index (χ2v) is 14.7. The van der Waals surface area contributed by atoms with Gasteiger partial charge in [-0.2, -0.15) is 0 Å². The number of allylic oxidation sites excluding steroid dienone is 2. The van der Waals surface area contributed by atoms with E-state index in [9.17, 15) is 19.4 Å². The number of nitrogens with zero attached hydrogens (tertiary/aromatic N) is 1. The van der Waals surface area contributed by atoms with Gasteiger partial charge in [-0.25, -0.2) is 4.57 Å². The molecule has 0 aromatic heterocycles. The van der Waals surface area contributed by atoms with Crippen LogP contribution in [0.3, 0.4) is 0 Å². The van der Waals surface area contributed by atoms with Gasteiger partial charge in [0, 0.05) is 6.42 Å². The van der Waals surface area contributed by atoms with Crippen molar-refractivity contribution in [2.24, 2.45) is 0 Å². The Balaban J connectivity index is 4.11. The lowest BCUT2D eigenvalue weighted by Gasteiger charge is -2.26. The number of carbonyl (C=O) groups excluding carboxylic acids is 1. The van der Waals surface area contributed by atoms with E-state index in [1.165, 1.54) is 83.5 Å². The number of unbranched alkanes of at least 4 members (excludes halogenated alkanes) is 16. The SMILES string of the molecule is CCCCCCCCC/C=C\CCCCCCCCCC(=O)NC(COP(=O)(O)OCC[N+](C)(C)C)C(O)CCCCC. The molecule has 9 heteroatoms. The van der Waals surface area contributed by atoms with E-state index >= 15 is 0 Å². The zero-order valence-electron chi connectivity index (χ0n) is 28.7. The first-order valence-corrected chi connectivity index (χ1v) is 19.0. The molecular weight excluding hydrogens is 563 g/mol. The minimum Gasteiger partial charge on any atom is -0.391 e. The van der Waals surface area contributed by atoms with Crippen LogP contribution < -0.4 is 5.32 Å². The second-order valence-electron chi connectivity index (χ2n) is 13.2. The Morgan fingerprint density at radius 1 is 0.767 bits per heavy atom. The lowest BCUT2D eigenvalue weighted by molar-refractivity contribution is -0.870. The van der Waals surface area contributed by atoms with Crippen molar-refractivity contribution in [1.29, 1.82) is 0 Å². The topological polar surface area (TPSA) is 105 Å². The summed E-state index contributed by atoms with van der Waals surface area (Å²) in [5, 5.41) is 13.5.